The first-order valence-electron chi connectivity index (χ1n) is 46.3. The third-order valence-corrected chi connectivity index (χ3v) is 21.9. The Morgan fingerprint density at radius 1 is 0.256 bits per heavy atom. The van der Waals surface area contributed by atoms with Gasteiger partial charge in [0, 0.05) is 129 Å². The van der Waals surface area contributed by atoms with Crippen molar-refractivity contribution in [1.29, 1.82) is 0 Å². The second-order valence-corrected chi connectivity index (χ2v) is 33.5. The molecule has 0 aromatic carbocycles. The second kappa shape index (κ2) is 67.3. The summed E-state index contributed by atoms with van der Waals surface area (Å²) in [6.45, 7) is 14.0. The van der Waals surface area contributed by atoms with Crippen LogP contribution in [0.15, 0.2) is 0 Å². The van der Waals surface area contributed by atoms with Crippen LogP contribution in [0.25, 0.3) is 0 Å². The van der Waals surface area contributed by atoms with Gasteiger partial charge in [-0.25, -0.2) is 0 Å². The molecule has 129 heavy (non-hydrogen) atoms. The van der Waals surface area contributed by atoms with Crippen molar-refractivity contribution < 1.29 is 157 Å². The Morgan fingerprint density at radius 2 is 0.481 bits per heavy atom. The predicted octanol–water partition coefficient (Wildman–Crippen LogP) is -3.15. The SMILES string of the molecule is CC(C)NC(=O)CCCCCNC(=O)[C@H](CCCCNC(=O)CCCCC(=O)NCCO[C@@H]1O[C@@H](C)[C@@H](O)[C@@H](O)[C@@H]1O)NC(=O)CCCCC(=O)NCCO[C@@H]1O[C@@H](C)[C@@H](O)[C@@H](O)[C@@H]1O.CCNC(=O)CCCCCNC(=O)[C@H](CCCCCC(=O)CCCCC(=O)NCCO[C@@H]1O[C@@H](C)[C@@H](O)[C@@H](O)[C@@H]1O)NC(=O)CCCCC(=O)NCCO[C@@H]1O[C@@H](C)[C@@H](O)[C@@H](O)[C@@H]1O. The van der Waals surface area contributed by atoms with Crippen LogP contribution in [0.1, 0.15) is 254 Å². The number of hydrogen-bond acceptors (Lipinski definition) is 32. The minimum Gasteiger partial charge on any atom is -0.388 e. The van der Waals surface area contributed by atoms with Gasteiger partial charge in [-0.15, -0.1) is 0 Å². The van der Waals surface area contributed by atoms with Crippen molar-refractivity contribution in [3.8, 4) is 0 Å². The van der Waals surface area contributed by atoms with Crippen molar-refractivity contribution in [2.75, 3.05) is 78.8 Å². The molecular formula is C86H155N11O32. The monoisotopic (exact) mass is 1850 g/mol. The van der Waals surface area contributed by atoms with Gasteiger partial charge in [-0.1, -0.05) is 25.7 Å². The molecule has 4 fully saturated rings. The van der Waals surface area contributed by atoms with Crippen molar-refractivity contribution in [2.45, 2.75) is 395 Å². The molecule has 0 unspecified atom stereocenters. The Hall–Kier alpha value is -6.96. The maximum absolute atomic E-state index is 13.2. The van der Waals surface area contributed by atoms with E-state index in [0.29, 0.717) is 174 Å². The van der Waals surface area contributed by atoms with Gasteiger partial charge in [0.15, 0.2) is 25.2 Å². The standard InChI is InChI=1S/C43H78N6O16.C43H77N5O16/c1-26(2)48-33(53)18-6-5-12-21-47-41(61)29(49-34(54)19-10-9-17-32(52)46-23-25-63-43-40(60)38(58)36(56)28(4)65-43)14-11-13-20-44-30(50)15-7-8-16-31(51)45-22-24-62-42-39(59)37(57)35(55)27(3)64-42;1-4-44-31(50)18-9-6-14-22-47-41(60)30(48-34(53)21-13-12-20-33(52)46-24-26-62-43-40(59)38(57)36(55)28(3)64-43)17-8-5-7-15-29(49)16-10-11-19-32(51)45-23-25-61-42-39(58)37(56)35(54)27(2)63-42/h26-29,35-40,42-43,55-60H,5-25H2,1-4H3,(H,44,50)(H,45,51)(H,46,52)(H,47,61)(H,48,53)(H,49,54);27-28,30,35-40,42-43,54-59H,4-26H2,1-3H3,(H,44,50)(H,45,51)(H,46,52)(H,47,60)(H,48,53)/t27-,28-,29-,35+,36+,37+,38+,39-,40-,42+,43+;27-,28-,30-,35+,36+,37+,38+,39-,40-,42+,43+/m00/s1. The normalized spacial score (nSPS) is 26.0. The first-order chi connectivity index (χ1) is 61.4. The molecule has 0 aromatic heterocycles. The minimum atomic E-state index is -1.44. The lowest BCUT2D eigenvalue weighted by molar-refractivity contribution is -0.292. The average Bonchev–Trinajstić information content (AvgIpc) is 0.840. The number of aliphatic hydroxyl groups excluding tert-OH is 12. The lowest BCUT2D eigenvalue weighted by atomic mass is 10.0. The van der Waals surface area contributed by atoms with Gasteiger partial charge < -0.3 is 158 Å². The number of hydrogen-bond donors (Lipinski definition) is 23. The van der Waals surface area contributed by atoms with Crippen molar-refractivity contribution in [2.24, 2.45) is 0 Å². The molecule has 43 heteroatoms. The number of ether oxygens (including phenoxy) is 8. The fourth-order valence-corrected chi connectivity index (χ4v) is 14.1. The molecule has 0 radical (unpaired) electrons. The highest BCUT2D eigenvalue weighted by Crippen LogP contribution is 2.26. The Labute approximate surface area is 756 Å². The summed E-state index contributed by atoms with van der Waals surface area (Å²) < 4.78 is 43.0. The number of Topliss-reactive ketones (excluding diaryl/α,β-unsaturated/α-hetero) is 1. The molecule has 0 aromatic rings. The summed E-state index contributed by atoms with van der Waals surface area (Å²) in [4.78, 5) is 150. The van der Waals surface area contributed by atoms with E-state index < -0.39 is 135 Å². The Bertz CT molecular complexity index is 3230. The van der Waals surface area contributed by atoms with Crippen LogP contribution in [0, 0.1) is 0 Å². The Kier molecular flexibility index (Phi) is 60.6. The molecule has 23 N–H and O–H groups in total. The molecule has 4 saturated heterocycles. The van der Waals surface area contributed by atoms with Gasteiger partial charge in [0.05, 0.1) is 50.8 Å². The number of unbranched alkanes of at least 4 members (excludes halogenated alkanes) is 11. The first-order valence-corrected chi connectivity index (χ1v) is 46.3. The fourth-order valence-electron chi connectivity index (χ4n) is 14.1. The third-order valence-electron chi connectivity index (χ3n) is 21.9. The maximum atomic E-state index is 13.2. The van der Waals surface area contributed by atoms with Crippen LogP contribution >= 0.6 is 0 Å². The summed E-state index contributed by atoms with van der Waals surface area (Å²) in [6, 6.07) is -1.53. The van der Waals surface area contributed by atoms with Gasteiger partial charge in [-0.05, 0) is 158 Å². The molecule has 4 aliphatic rings. The zero-order chi connectivity index (χ0) is 95.8. The van der Waals surface area contributed by atoms with Crippen LogP contribution in [0.4, 0.5) is 0 Å². The van der Waals surface area contributed by atoms with Crippen LogP contribution in [0.3, 0.4) is 0 Å². The summed E-state index contributed by atoms with van der Waals surface area (Å²) in [7, 11) is 0. The highest BCUT2D eigenvalue weighted by Gasteiger charge is 2.46. The summed E-state index contributed by atoms with van der Waals surface area (Å²) in [6.07, 6.45) is -9.83. The first kappa shape index (κ1) is 116. The highest BCUT2D eigenvalue weighted by atomic mass is 16.7. The van der Waals surface area contributed by atoms with E-state index in [9.17, 15) is 119 Å². The number of nitrogens with one attached hydrogen (secondary N) is 11. The molecule has 0 aliphatic carbocycles. The molecule has 0 bridgehead atoms. The number of ketones is 1. The van der Waals surface area contributed by atoms with E-state index in [4.69, 9.17) is 37.9 Å². The smallest absolute Gasteiger partial charge is 0.242 e. The van der Waals surface area contributed by atoms with Crippen molar-refractivity contribution in [1.82, 2.24) is 58.5 Å². The molecule has 0 spiro atoms. The van der Waals surface area contributed by atoms with E-state index in [1.54, 1.807) is 13.8 Å². The van der Waals surface area contributed by atoms with E-state index >= 15 is 0 Å². The molecule has 43 nitrogen and oxygen atoms in total. The van der Waals surface area contributed by atoms with E-state index in [0.717, 1.165) is 12.8 Å². The topological polar surface area (TPSA) is 654 Å². The third kappa shape index (κ3) is 49.6. The minimum absolute atomic E-state index is 0.00366. The van der Waals surface area contributed by atoms with Gasteiger partial charge in [0.2, 0.25) is 65.0 Å². The average molecular weight is 1860 g/mol. The van der Waals surface area contributed by atoms with Gasteiger partial charge in [0.25, 0.3) is 0 Å². The molecule has 0 saturated carbocycles. The van der Waals surface area contributed by atoms with Crippen molar-refractivity contribution in [3.05, 3.63) is 0 Å². The van der Waals surface area contributed by atoms with Gasteiger partial charge >= 0.3 is 0 Å². The van der Waals surface area contributed by atoms with E-state index in [1.807, 2.05) is 20.8 Å². The Balaban J connectivity index is 0.000000665. The zero-order valence-corrected chi connectivity index (χ0v) is 76.4. The molecule has 11 amide bonds. The Morgan fingerprint density at radius 3 is 0.775 bits per heavy atom. The van der Waals surface area contributed by atoms with Crippen LogP contribution in [-0.2, 0) is 95.4 Å². The van der Waals surface area contributed by atoms with Gasteiger partial charge in [-0.3, -0.25) is 57.5 Å². The lowest BCUT2D eigenvalue weighted by Gasteiger charge is -2.38. The van der Waals surface area contributed by atoms with E-state index in [-0.39, 0.29) is 174 Å². The second-order valence-electron chi connectivity index (χ2n) is 33.5. The highest BCUT2D eigenvalue weighted by molar-refractivity contribution is 5.88. The largest absolute Gasteiger partial charge is 0.388 e. The summed E-state index contributed by atoms with van der Waals surface area (Å²) in [5.74, 6) is -2.46. The predicted molar refractivity (Wildman–Crippen MR) is 463 cm³/mol. The molecule has 4 rings (SSSR count). The van der Waals surface area contributed by atoms with Crippen molar-refractivity contribution in [3.63, 3.8) is 0 Å². The van der Waals surface area contributed by atoms with Crippen molar-refractivity contribution >= 4 is 70.8 Å². The fraction of sp³-hybridized carbons (Fsp3) is 0.860. The molecular weight excluding hydrogens is 1700 g/mol. The number of rotatable bonds is 65. The number of carbonyl (C=O) groups excluding carboxylic acids is 12. The number of carbonyl (C=O) groups is 12. The van der Waals surface area contributed by atoms with Gasteiger partial charge in [-0.2, -0.15) is 0 Å². The quantitative estimate of drug-likeness (QED) is 0.0267. The number of amides is 11. The van der Waals surface area contributed by atoms with E-state index in [1.165, 1.54) is 13.8 Å². The van der Waals surface area contributed by atoms with Crippen LogP contribution in [0.5, 0.6) is 0 Å². The van der Waals surface area contributed by atoms with Crippen LogP contribution in [0.2, 0.25) is 0 Å². The summed E-state index contributed by atoms with van der Waals surface area (Å²) in [5, 5.41) is 149. The lowest BCUT2D eigenvalue weighted by Crippen LogP contribution is -2.57. The summed E-state index contributed by atoms with van der Waals surface area (Å²) in [5.41, 5.74) is 0. The molecule has 746 valence electrons. The number of aliphatic hydroxyl groups is 12. The molecule has 4 aliphatic heterocycles. The molecule has 4 heterocycles. The maximum Gasteiger partial charge on any atom is 0.242 e. The summed E-state index contributed by atoms with van der Waals surface area (Å²) >= 11 is 0. The van der Waals surface area contributed by atoms with Gasteiger partial charge in [0.1, 0.15) is 91.1 Å². The zero-order valence-electron chi connectivity index (χ0n) is 76.4. The molecule has 22 atom stereocenters. The van der Waals surface area contributed by atoms with Crippen LogP contribution in [-0.4, -0.2) is 352 Å². The van der Waals surface area contributed by atoms with E-state index in [2.05, 4.69) is 58.5 Å². The van der Waals surface area contributed by atoms with Crippen LogP contribution < -0.4 is 58.5 Å².